The zero-order valence-electron chi connectivity index (χ0n) is 15.6. The molecule has 1 atom stereocenters. The number of piperidine rings is 2. The zero-order valence-corrected chi connectivity index (χ0v) is 15.6. The first-order chi connectivity index (χ1) is 12.7. The molecule has 1 aromatic carbocycles. The number of nitrogens with zero attached hydrogens (tertiary/aromatic N) is 2. The van der Waals surface area contributed by atoms with E-state index in [0.717, 1.165) is 37.9 Å². The van der Waals surface area contributed by atoms with E-state index in [9.17, 15) is 9.59 Å². The lowest BCUT2D eigenvalue weighted by molar-refractivity contribution is -0.138. The van der Waals surface area contributed by atoms with Gasteiger partial charge in [-0.25, -0.2) is 4.79 Å². The number of para-hydroxylation sites is 1. The Kier molecular flexibility index (Phi) is 6.01. The maximum atomic E-state index is 13.0. The van der Waals surface area contributed by atoms with E-state index in [0.29, 0.717) is 25.6 Å². The fourth-order valence-corrected chi connectivity index (χ4v) is 4.15. The fourth-order valence-electron chi connectivity index (χ4n) is 4.15. The van der Waals surface area contributed by atoms with Crippen LogP contribution in [0.4, 0.5) is 4.79 Å². The van der Waals surface area contributed by atoms with Crippen LogP contribution in [-0.2, 0) is 9.53 Å². The third-order valence-electron chi connectivity index (χ3n) is 5.58. The first-order valence-electron chi connectivity index (χ1n) is 9.42. The number of hydrogen-bond acceptors (Lipinski definition) is 4. The van der Waals surface area contributed by atoms with Crippen LogP contribution in [0, 0.1) is 0 Å². The molecule has 2 aliphatic heterocycles. The summed E-state index contributed by atoms with van der Waals surface area (Å²) in [5.41, 5.74) is 1.22. The first kappa shape index (κ1) is 18.5. The standard InChI is InChI=1S/C20H28N2O4/c1-25-18-9-4-3-7-16(18)15-10-13-21(14-11-15)19(23)17-8-5-6-12-22(17)20(24)26-2/h3-4,7,9,15,17H,5-6,8,10-14H2,1-2H3/t17-/m0/s1. The minimum Gasteiger partial charge on any atom is -0.496 e. The molecular weight excluding hydrogens is 332 g/mol. The van der Waals surface area contributed by atoms with Crippen molar-refractivity contribution in [3.05, 3.63) is 29.8 Å². The van der Waals surface area contributed by atoms with E-state index in [1.54, 1.807) is 12.0 Å². The molecule has 2 fully saturated rings. The van der Waals surface area contributed by atoms with Crippen LogP contribution in [0.15, 0.2) is 24.3 Å². The molecular formula is C20H28N2O4. The molecule has 3 rings (SSSR count). The average Bonchev–Trinajstić information content (AvgIpc) is 2.72. The molecule has 6 nitrogen and oxygen atoms in total. The second-order valence-corrected chi connectivity index (χ2v) is 7.02. The summed E-state index contributed by atoms with van der Waals surface area (Å²) in [5.74, 6) is 1.38. The zero-order chi connectivity index (χ0) is 18.5. The molecule has 0 radical (unpaired) electrons. The SMILES string of the molecule is COC(=O)N1CCCC[C@H]1C(=O)N1CCC(c2ccccc2OC)CC1. The van der Waals surface area contributed by atoms with Gasteiger partial charge >= 0.3 is 6.09 Å². The van der Waals surface area contributed by atoms with Crippen molar-refractivity contribution in [2.75, 3.05) is 33.9 Å². The molecule has 0 N–H and O–H groups in total. The van der Waals surface area contributed by atoms with Crippen molar-refractivity contribution >= 4 is 12.0 Å². The molecule has 0 unspecified atom stereocenters. The van der Waals surface area contributed by atoms with E-state index in [2.05, 4.69) is 6.07 Å². The molecule has 142 valence electrons. The Morgan fingerprint density at radius 1 is 1.00 bits per heavy atom. The quantitative estimate of drug-likeness (QED) is 0.831. The van der Waals surface area contributed by atoms with Gasteiger partial charge in [-0.05, 0) is 49.7 Å². The lowest BCUT2D eigenvalue weighted by atomic mass is 9.88. The van der Waals surface area contributed by atoms with Gasteiger partial charge in [0.15, 0.2) is 0 Å². The van der Waals surface area contributed by atoms with Crippen LogP contribution in [0.5, 0.6) is 5.75 Å². The number of amides is 2. The van der Waals surface area contributed by atoms with Gasteiger partial charge in [-0.1, -0.05) is 18.2 Å². The van der Waals surface area contributed by atoms with Gasteiger partial charge in [0.25, 0.3) is 0 Å². The fraction of sp³-hybridized carbons (Fsp3) is 0.600. The van der Waals surface area contributed by atoms with Crippen molar-refractivity contribution < 1.29 is 19.1 Å². The van der Waals surface area contributed by atoms with Crippen molar-refractivity contribution in [1.29, 1.82) is 0 Å². The summed E-state index contributed by atoms with van der Waals surface area (Å²) in [4.78, 5) is 28.5. The van der Waals surface area contributed by atoms with E-state index in [-0.39, 0.29) is 11.9 Å². The van der Waals surface area contributed by atoms with E-state index in [1.807, 2.05) is 23.1 Å². The summed E-state index contributed by atoms with van der Waals surface area (Å²) in [6.45, 7) is 2.03. The average molecular weight is 360 g/mol. The minimum atomic E-state index is -0.396. The van der Waals surface area contributed by atoms with Crippen LogP contribution in [0.1, 0.15) is 43.6 Å². The van der Waals surface area contributed by atoms with Crippen molar-refractivity contribution in [3.8, 4) is 5.75 Å². The highest BCUT2D eigenvalue weighted by Gasteiger charge is 2.36. The lowest BCUT2D eigenvalue weighted by Gasteiger charge is -2.39. The number of carbonyl (C=O) groups is 2. The second-order valence-electron chi connectivity index (χ2n) is 7.02. The second kappa shape index (κ2) is 8.43. The maximum absolute atomic E-state index is 13.0. The number of rotatable bonds is 3. The number of ether oxygens (including phenoxy) is 2. The Balaban J connectivity index is 1.63. The third-order valence-corrected chi connectivity index (χ3v) is 5.58. The third kappa shape index (κ3) is 3.79. The molecule has 0 saturated carbocycles. The van der Waals surface area contributed by atoms with Crippen LogP contribution < -0.4 is 4.74 Å². The highest BCUT2D eigenvalue weighted by atomic mass is 16.5. The van der Waals surface area contributed by atoms with Crippen molar-refractivity contribution in [2.45, 2.75) is 44.1 Å². The number of benzene rings is 1. The number of methoxy groups -OCH3 is 2. The van der Waals surface area contributed by atoms with Crippen LogP contribution in [-0.4, -0.2) is 61.7 Å². The van der Waals surface area contributed by atoms with Crippen LogP contribution in [0.3, 0.4) is 0 Å². The molecule has 2 amide bonds. The van der Waals surface area contributed by atoms with Crippen molar-refractivity contribution in [1.82, 2.24) is 9.80 Å². The topological polar surface area (TPSA) is 59.1 Å². The summed E-state index contributed by atoms with van der Waals surface area (Å²) < 4.78 is 10.3. The van der Waals surface area contributed by atoms with Crippen LogP contribution in [0.2, 0.25) is 0 Å². The summed E-state index contributed by atoms with van der Waals surface area (Å²) in [6.07, 6.45) is 4.05. The predicted octanol–water partition coefficient (Wildman–Crippen LogP) is 3.02. The molecule has 0 bridgehead atoms. The summed E-state index contributed by atoms with van der Waals surface area (Å²) in [6, 6.07) is 7.74. The van der Waals surface area contributed by atoms with Gasteiger partial charge in [0.1, 0.15) is 11.8 Å². The molecule has 2 heterocycles. The van der Waals surface area contributed by atoms with Crippen LogP contribution in [0.25, 0.3) is 0 Å². The molecule has 2 saturated heterocycles. The molecule has 0 aromatic heterocycles. The highest BCUT2D eigenvalue weighted by molar-refractivity contribution is 5.86. The summed E-state index contributed by atoms with van der Waals surface area (Å²) in [7, 11) is 3.07. The molecule has 0 aliphatic carbocycles. The van der Waals surface area contributed by atoms with Gasteiger partial charge in [-0.15, -0.1) is 0 Å². The van der Waals surface area contributed by atoms with Gasteiger partial charge in [-0.3, -0.25) is 9.69 Å². The van der Waals surface area contributed by atoms with E-state index < -0.39 is 6.09 Å². The Bertz CT molecular complexity index is 640. The van der Waals surface area contributed by atoms with Gasteiger partial charge in [0, 0.05) is 19.6 Å². The highest BCUT2D eigenvalue weighted by Crippen LogP contribution is 2.34. The largest absolute Gasteiger partial charge is 0.496 e. The Labute approximate surface area is 155 Å². The van der Waals surface area contributed by atoms with Gasteiger partial charge in [0.05, 0.1) is 14.2 Å². The lowest BCUT2D eigenvalue weighted by Crippen LogP contribution is -2.54. The van der Waals surface area contributed by atoms with Crippen molar-refractivity contribution in [2.24, 2.45) is 0 Å². The molecule has 6 heteroatoms. The van der Waals surface area contributed by atoms with Gasteiger partial charge in [-0.2, -0.15) is 0 Å². The summed E-state index contributed by atoms with van der Waals surface area (Å²) >= 11 is 0. The number of likely N-dealkylation sites (tertiary alicyclic amines) is 2. The summed E-state index contributed by atoms with van der Waals surface area (Å²) in [5, 5.41) is 0. The Hall–Kier alpha value is -2.24. The van der Waals surface area contributed by atoms with E-state index >= 15 is 0 Å². The molecule has 0 spiro atoms. The maximum Gasteiger partial charge on any atom is 0.410 e. The van der Waals surface area contributed by atoms with Gasteiger partial charge in [0.2, 0.25) is 5.91 Å². The first-order valence-corrected chi connectivity index (χ1v) is 9.42. The van der Waals surface area contributed by atoms with E-state index in [4.69, 9.17) is 9.47 Å². The van der Waals surface area contributed by atoms with Gasteiger partial charge < -0.3 is 14.4 Å². The molecule has 26 heavy (non-hydrogen) atoms. The minimum absolute atomic E-state index is 0.0635. The smallest absolute Gasteiger partial charge is 0.410 e. The molecule has 1 aromatic rings. The van der Waals surface area contributed by atoms with Crippen LogP contribution >= 0.6 is 0 Å². The molecule has 2 aliphatic rings. The Morgan fingerprint density at radius 3 is 2.42 bits per heavy atom. The van der Waals surface area contributed by atoms with E-state index in [1.165, 1.54) is 12.7 Å². The Morgan fingerprint density at radius 2 is 1.73 bits per heavy atom. The monoisotopic (exact) mass is 360 g/mol. The normalized spacial score (nSPS) is 21.4. The predicted molar refractivity (Wildman–Crippen MR) is 98.3 cm³/mol. The number of carbonyl (C=O) groups excluding carboxylic acids is 2. The van der Waals surface area contributed by atoms with Crippen molar-refractivity contribution in [3.63, 3.8) is 0 Å². The number of hydrogen-bond donors (Lipinski definition) is 0.